The van der Waals surface area contributed by atoms with E-state index >= 15 is 0 Å². The average molecular weight is 264 g/mol. The van der Waals surface area contributed by atoms with Gasteiger partial charge in [-0.3, -0.25) is 19.7 Å². The summed E-state index contributed by atoms with van der Waals surface area (Å²) < 4.78 is 1.78. The molecule has 19 heavy (non-hydrogen) atoms. The van der Waals surface area contributed by atoms with Gasteiger partial charge in [0.25, 0.3) is 0 Å². The summed E-state index contributed by atoms with van der Waals surface area (Å²) in [4.78, 5) is 40.3. The number of piperazine rings is 1. The zero-order valence-electron chi connectivity index (χ0n) is 10.7. The number of hydrogen-bond donors (Lipinski definition) is 1. The Labute approximate surface area is 110 Å². The van der Waals surface area contributed by atoms with Gasteiger partial charge >= 0.3 is 0 Å². The SMILES string of the molecule is CCC1C(=O)NC(=O)CN1C(=O)CCn1ccnc1. The van der Waals surface area contributed by atoms with Crippen LogP contribution in [0.1, 0.15) is 19.8 Å². The molecule has 1 fully saturated rings. The molecule has 3 amide bonds. The van der Waals surface area contributed by atoms with Crippen LogP contribution in [0.4, 0.5) is 0 Å². The standard InChI is InChI=1S/C12H16N4O3/c1-2-9-12(19)14-10(17)7-16(9)11(18)3-5-15-6-4-13-8-15/h4,6,8-9H,2-3,5,7H2,1H3,(H,14,17,19). The number of hydrogen-bond acceptors (Lipinski definition) is 4. The molecule has 2 rings (SSSR count). The fraction of sp³-hybridized carbons (Fsp3) is 0.500. The molecule has 0 radical (unpaired) electrons. The summed E-state index contributed by atoms with van der Waals surface area (Å²) in [6.07, 6.45) is 5.76. The molecule has 0 aromatic carbocycles. The zero-order chi connectivity index (χ0) is 13.8. The molecule has 0 bridgehead atoms. The topological polar surface area (TPSA) is 84.3 Å². The van der Waals surface area contributed by atoms with Crippen LogP contribution in [-0.4, -0.2) is 44.8 Å². The number of imidazole rings is 1. The highest BCUT2D eigenvalue weighted by Crippen LogP contribution is 2.11. The molecule has 1 aromatic rings. The van der Waals surface area contributed by atoms with Crippen molar-refractivity contribution in [2.45, 2.75) is 32.4 Å². The summed E-state index contributed by atoms with van der Waals surface area (Å²) >= 11 is 0. The first-order chi connectivity index (χ1) is 9.11. The summed E-state index contributed by atoms with van der Waals surface area (Å²) in [6.45, 7) is 2.25. The smallest absolute Gasteiger partial charge is 0.249 e. The highest BCUT2D eigenvalue weighted by molar-refractivity contribution is 6.04. The normalized spacial score (nSPS) is 19.4. The van der Waals surface area contributed by atoms with Crippen molar-refractivity contribution < 1.29 is 14.4 Å². The molecule has 2 heterocycles. The number of nitrogens with zero attached hydrogens (tertiary/aromatic N) is 3. The molecule has 0 spiro atoms. The Balaban J connectivity index is 1.99. The summed E-state index contributed by atoms with van der Waals surface area (Å²) in [5.74, 6) is -1.01. The molecule has 102 valence electrons. The van der Waals surface area contributed by atoms with Gasteiger partial charge < -0.3 is 9.47 Å². The summed E-state index contributed by atoms with van der Waals surface area (Å²) in [5, 5.41) is 2.25. The lowest BCUT2D eigenvalue weighted by molar-refractivity contribution is -0.150. The highest BCUT2D eigenvalue weighted by atomic mass is 16.2. The van der Waals surface area contributed by atoms with E-state index < -0.39 is 17.9 Å². The van der Waals surface area contributed by atoms with Crippen molar-refractivity contribution in [1.82, 2.24) is 19.8 Å². The number of rotatable bonds is 4. The number of amides is 3. The van der Waals surface area contributed by atoms with E-state index in [1.807, 2.05) is 6.92 Å². The molecule has 7 nitrogen and oxygen atoms in total. The van der Waals surface area contributed by atoms with E-state index in [1.54, 1.807) is 23.3 Å². The van der Waals surface area contributed by atoms with E-state index in [0.29, 0.717) is 13.0 Å². The second-order valence-corrected chi connectivity index (χ2v) is 4.41. The quantitative estimate of drug-likeness (QED) is 0.746. The lowest BCUT2D eigenvalue weighted by atomic mass is 10.1. The maximum absolute atomic E-state index is 12.1. The number of aryl methyl sites for hydroxylation is 1. The van der Waals surface area contributed by atoms with Crippen LogP contribution < -0.4 is 5.32 Å². The Morgan fingerprint density at radius 2 is 2.32 bits per heavy atom. The van der Waals surface area contributed by atoms with Crippen LogP contribution >= 0.6 is 0 Å². The van der Waals surface area contributed by atoms with Gasteiger partial charge in [0, 0.05) is 25.4 Å². The van der Waals surface area contributed by atoms with Crippen molar-refractivity contribution in [3.63, 3.8) is 0 Å². The molecule has 1 aliphatic rings. The van der Waals surface area contributed by atoms with E-state index in [2.05, 4.69) is 10.3 Å². The number of imide groups is 1. The van der Waals surface area contributed by atoms with Gasteiger partial charge in [0.05, 0.1) is 6.33 Å². The third-order valence-corrected chi connectivity index (χ3v) is 3.11. The van der Waals surface area contributed by atoms with Gasteiger partial charge in [0.2, 0.25) is 17.7 Å². The van der Waals surface area contributed by atoms with E-state index in [9.17, 15) is 14.4 Å². The van der Waals surface area contributed by atoms with Gasteiger partial charge in [-0.15, -0.1) is 0 Å². The van der Waals surface area contributed by atoms with Gasteiger partial charge in [-0.25, -0.2) is 4.98 Å². The minimum Gasteiger partial charge on any atom is -0.337 e. The first-order valence-electron chi connectivity index (χ1n) is 6.20. The minimum atomic E-state index is -0.548. The number of aromatic nitrogens is 2. The van der Waals surface area contributed by atoms with E-state index in [1.165, 1.54) is 4.90 Å². The predicted molar refractivity (Wildman–Crippen MR) is 65.8 cm³/mol. The van der Waals surface area contributed by atoms with Gasteiger partial charge in [-0.05, 0) is 6.42 Å². The second kappa shape index (κ2) is 5.64. The van der Waals surface area contributed by atoms with Crippen LogP contribution in [0.3, 0.4) is 0 Å². The molecule has 1 aromatic heterocycles. The maximum Gasteiger partial charge on any atom is 0.249 e. The molecule has 1 N–H and O–H groups in total. The van der Waals surface area contributed by atoms with Crippen LogP contribution in [0.25, 0.3) is 0 Å². The number of carbonyl (C=O) groups excluding carboxylic acids is 3. The number of nitrogens with one attached hydrogen (secondary N) is 1. The Morgan fingerprint density at radius 3 is 2.95 bits per heavy atom. The third kappa shape index (κ3) is 2.98. The number of carbonyl (C=O) groups is 3. The highest BCUT2D eigenvalue weighted by Gasteiger charge is 2.34. The summed E-state index contributed by atoms with van der Waals surface area (Å²) in [6, 6.07) is -0.548. The van der Waals surface area contributed by atoms with Crippen molar-refractivity contribution in [2.75, 3.05) is 6.54 Å². The second-order valence-electron chi connectivity index (χ2n) is 4.41. The lowest BCUT2D eigenvalue weighted by Gasteiger charge is -2.33. The van der Waals surface area contributed by atoms with Crippen LogP contribution in [0.2, 0.25) is 0 Å². The van der Waals surface area contributed by atoms with Crippen LogP contribution in [0.5, 0.6) is 0 Å². The monoisotopic (exact) mass is 264 g/mol. The Bertz CT molecular complexity index is 483. The Hall–Kier alpha value is -2.18. The van der Waals surface area contributed by atoms with Crippen LogP contribution in [-0.2, 0) is 20.9 Å². The van der Waals surface area contributed by atoms with Crippen LogP contribution in [0, 0.1) is 0 Å². The fourth-order valence-corrected chi connectivity index (χ4v) is 2.12. The molecule has 0 aliphatic carbocycles. The Kier molecular flexibility index (Phi) is 3.94. The molecule has 1 aliphatic heterocycles. The largest absolute Gasteiger partial charge is 0.337 e. The molecule has 7 heteroatoms. The summed E-state index contributed by atoms with van der Waals surface area (Å²) in [5.41, 5.74) is 0. The molecule has 1 saturated heterocycles. The van der Waals surface area contributed by atoms with Crippen molar-refractivity contribution in [2.24, 2.45) is 0 Å². The first-order valence-corrected chi connectivity index (χ1v) is 6.20. The maximum atomic E-state index is 12.1. The molecular formula is C12H16N4O3. The molecule has 1 atom stereocenters. The fourth-order valence-electron chi connectivity index (χ4n) is 2.12. The Morgan fingerprint density at radius 1 is 1.53 bits per heavy atom. The van der Waals surface area contributed by atoms with E-state index in [-0.39, 0.29) is 18.9 Å². The lowest BCUT2D eigenvalue weighted by Crippen LogP contribution is -2.59. The molecular weight excluding hydrogens is 248 g/mol. The third-order valence-electron chi connectivity index (χ3n) is 3.11. The molecule has 1 unspecified atom stereocenters. The zero-order valence-corrected chi connectivity index (χ0v) is 10.7. The molecule has 0 saturated carbocycles. The van der Waals surface area contributed by atoms with Gasteiger partial charge in [-0.2, -0.15) is 0 Å². The average Bonchev–Trinajstić information content (AvgIpc) is 2.88. The van der Waals surface area contributed by atoms with Crippen molar-refractivity contribution in [1.29, 1.82) is 0 Å². The van der Waals surface area contributed by atoms with Gasteiger partial charge in [-0.1, -0.05) is 6.92 Å². The predicted octanol–water partition coefficient (Wildman–Crippen LogP) is -0.463. The van der Waals surface area contributed by atoms with Crippen molar-refractivity contribution in [3.8, 4) is 0 Å². The van der Waals surface area contributed by atoms with Gasteiger partial charge in [0.1, 0.15) is 12.6 Å². The van der Waals surface area contributed by atoms with Crippen molar-refractivity contribution in [3.05, 3.63) is 18.7 Å². The van der Waals surface area contributed by atoms with Crippen molar-refractivity contribution >= 4 is 17.7 Å². The van der Waals surface area contributed by atoms with E-state index in [4.69, 9.17) is 0 Å². The summed E-state index contributed by atoms with van der Waals surface area (Å²) in [7, 11) is 0. The van der Waals surface area contributed by atoms with Gasteiger partial charge in [0.15, 0.2) is 0 Å². The first kappa shape index (κ1) is 13.3. The van der Waals surface area contributed by atoms with E-state index in [0.717, 1.165) is 0 Å². The van der Waals surface area contributed by atoms with Crippen LogP contribution in [0.15, 0.2) is 18.7 Å². The minimum absolute atomic E-state index is 0.0486.